The highest BCUT2D eigenvalue weighted by Gasteiger charge is 2.13. The summed E-state index contributed by atoms with van der Waals surface area (Å²) in [6.45, 7) is -0.0341. The number of thiazole rings is 1. The molecule has 0 radical (unpaired) electrons. The van der Waals surface area contributed by atoms with E-state index < -0.39 is 17.4 Å². The zero-order valence-corrected chi connectivity index (χ0v) is 11.5. The summed E-state index contributed by atoms with van der Waals surface area (Å²) in [5.74, 6) is -2.31. The van der Waals surface area contributed by atoms with Crippen LogP contribution in [0.5, 0.6) is 5.75 Å². The Balaban J connectivity index is 1.82. The fourth-order valence-corrected chi connectivity index (χ4v) is 2.78. The second kappa shape index (κ2) is 5.57. The van der Waals surface area contributed by atoms with E-state index in [1.165, 1.54) is 11.3 Å². The number of ether oxygens (including phenoxy) is 1. The summed E-state index contributed by atoms with van der Waals surface area (Å²) >= 11 is 1.40. The van der Waals surface area contributed by atoms with Gasteiger partial charge in [0.2, 0.25) is 0 Å². The summed E-state index contributed by atoms with van der Waals surface area (Å²) < 4.78 is 33.5. The molecule has 6 heteroatoms. The third kappa shape index (κ3) is 2.75. The smallest absolute Gasteiger partial charge is 0.191 e. The van der Waals surface area contributed by atoms with Crippen molar-refractivity contribution < 1.29 is 18.3 Å². The molecule has 0 fully saturated rings. The van der Waals surface area contributed by atoms with Gasteiger partial charge in [-0.3, -0.25) is 4.79 Å². The number of carbonyl (C=O) groups is 1. The van der Waals surface area contributed by atoms with Crippen molar-refractivity contribution in [1.29, 1.82) is 0 Å². The molecular formula is C15H9F2NO2S. The standard InChI is InChI=1S/C15H9F2NO2S/c16-10-5-9(7-19)6-11(17)15(10)20-8-14-18-12-3-1-2-4-13(12)21-14/h1-7H,8H2. The van der Waals surface area contributed by atoms with Crippen LogP contribution in [-0.2, 0) is 6.61 Å². The Bertz CT molecular complexity index is 760. The number of hydrogen-bond donors (Lipinski definition) is 0. The number of aldehydes is 1. The Morgan fingerprint density at radius 1 is 1.19 bits per heavy atom. The molecule has 0 aliphatic carbocycles. The molecule has 3 aromatic rings. The Morgan fingerprint density at radius 3 is 2.57 bits per heavy atom. The molecule has 1 aromatic heterocycles. The van der Waals surface area contributed by atoms with Crippen LogP contribution in [0.25, 0.3) is 10.2 Å². The second-order valence-corrected chi connectivity index (χ2v) is 5.41. The van der Waals surface area contributed by atoms with Gasteiger partial charge >= 0.3 is 0 Å². The zero-order chi connectivity index (χ0) is 14.8. The van der Waals surface area contributed by atoms with E-state index in [4.69, 9.17) is 4.74 Å². The second-order valence-electron chi connectivity index (χ2n) is 4.30. The predicted octanol–water partition coefficient (Wildman–Crippen LogP) is 3.97. The Kier molecular flexibility index (Phi) is 3.62. The molecule has 0 saturated carbocycles. The van der Waals surface area contributed by atoms with E-state index >= 15 is 0 Å². The molecule has 0 aliphatic rings. The topological polar surface area (TPSA) is 39.2 Å². The average Bonchev–Trinajstić information content (AvgIpc) is 2.88. The van der Waals surface area contributed by atoms with Crippen LogP contribution in [0.3, 0.4) is 0 Å². The number of para-hydroxylation sites is 1. The summed E-state index contributed by atoms with van der Waals surface area (Å²) in [7, 11) is 0. The lowest BCUT2D eigenvalue weighted by Crippen LogP contribution is -2.00. The number of carbonyl (C=O) groups excluding carboxylic acids is 1. The first-order valence-corrected chi connectivity index (χ1v) is 6.90. The number of fused-ring (bicyclic) bond motifs is 1. The number of hydrogen-bond acceptors (Lipinski definition) is 4. The van der Waals surface area contributed by atoms with Gasteiger partial charge in [-0.25, -0.2) is 13.8 Å². The van der Waals surface area contributed by atoms with Crippen LogP contribution >= 0.6 is 11.3 Å². The van der Waals surface area contributed by atoms with Crippen molar-refractivity contribution in [3.05, 3.63) is 58.6 Å². The van der Waals surface area contributed by atoms with Crippen molar-refractivity contribution in [2.75, 3.05) is 0 Å². The van der Waals surface area contributed by atoms with Gasteiger partial charge in [-0.2, -0.15) is 0 Å². The fraction of sp³-hybridized carbons (Fsp3) is 0.0667. The molecule has 1 heterocycles. The number of benzene rings is 2. The van der Waals surface area contributed by atoms with Gasteiger partial charge in [-0.05, 0) is 24.3 Å². The lowest BCUT2D eigenvalue weighted by atomic mass is 10.2. The quantitative estimate of drug-likeness (QED) is 0.685. The van der Waals surface area contributed by atoms with E-state index in [2.05, 4.69) is 4.98 Å². The van der Waals surface area contributed by atoms with Crippen molar-refractivity contribution in [2.45, 2.75) is 6.61 Å². The van der Waals surface area contributed by atoms with Gasteiger partial charge < -0.3 is 4.74 Å². The molecule has 0 saturated heterocycles. The predicted molar refractivity (Wildman–Crippen MR) is 75.7 cm³/mol. The van der Waals surface area contributed by atoms with Gasteiger partial charge in [-0.15, -0.1) is 11.3 Å². The van der Waals surface area contributed by atoms with Crippen molar-refractivity contribution in [3.63, 3.8) is 0 Å². The lowest BCUT2D eigenvalue weighted by molar-refractivity contribution is 0.112. The Labute approximate surface area is 122 Å². The summed E-state index contributed by atoms with van der Waals surface area (Å²) in [5, 5.41) is 0.620. The van der Waals surface area contributed by atoms with Crippen molar-refractivity contribution in [3.8, 4) is 5.75 Å². The average molecular weight is 305 g/mol. The van der Waals surface area contributed by atoms with Crippen LogP contribution in [0.15, 0.2) is 36.4 Å². The van der Waals surface area contributed by atoms with Gasteiger partial charge in [0.25, 0.3) is 0 Å². The summed E-state index contributed by atoms with van der Waals surface area (Å²) in [6, 6.07) is 9.40. The van der Waals surface area contributed by atoms with Gasteiger partial charge in [0.05, 0.1) is 10.2 Å². The molecule has 0 atom stereocenters. The molecule has 0 unspecified atom stereocenters. The molecule has 106 valence electrons. The number of aromatic nitrogens is 1. The highest BCUT2D eigenvalue weighted by atomic mass is 32.1. The van der Waals surface area contributed by atoms with Crippen LogP contribution in [0, 0.1) is 11.6 Å². The van der Waals surface area contributed by atoms with E-state index in [1.807, 2.05) is 24.3 Å². The van der Waals surface area contributed by atoms with E-state index in [9.17, 15) is 13.6 Å². The molecule has 2 aromatic carbocycles. The van der Waals surface area contributed by atoms with Crippen LogP contribution in [0.4, 0.5) is 8.78 Å². The van der Waals surface area contributed by atoms with Gasteiger partial charge in [0, 0.05) is 5.56 Å². The van der Waals surface area contributed by atoms with E-state index in [-0.39, 0.29) is 12.2 Å². The molecule has 21 heavy (non-hydrogen) atoms. The van der Waals surface area contributed by atoms with Gasteiger partial charge in [-0.1, -0.05) is 12.1 Å². The third-order valence-electron chi connectivity index (χ3n) is 2.83. The minimum atomic E-state index is -0.904. The molecule has 0 aliphatic heterocycles. The number of nitrogens with zero attached hydrogens (tertiary/aromatic N) is 1. The molecular weight excluding hydrogens is 296 g/mol. The highest BCUT2D eigenvalue weighted by molar-refractivity contribution is 7.18. The first-order valence-electron chi connectivity index (χ1n) is 6.09. The van der Waals surface area contributed by atoms with E-state index in [0.717, 1.165) is 22.3 Å². The van der Waals surface area contributed by atoms with Crippen LogP contribution in [0.2, 0.25) is 0 Å². The Morgan fingerprint density at radius 2 is 1.90 bits per heavy atom. The Hall–Kier alpha value is -2.34. The number of rotatable bonds is 4. The molecule has 0 amide bonds. The van der Waals surface area contributed by atoms with E-state index in [0.29, 0.717) is 11.3 Å². The first-order chi connectivity index (χ1) is 10.2. The van der Waals surface area contributed by atoms with Gasteiger partial charge in [0.15, 0.2) is 17.4 Å². The van der Waals surface area contributed by atoms with Crippen molar-refractivity contribution in [2.24, 2.45) is 0 Å². The molecule has 0 bridgehead atoms. The minimum Gasteiger partial charge on any atom is -0.480 e. The van der Waals surface area contributed by atoms with Crippen LogP contribution in [0.1, 0.15) is 15.4 Å². The highest BCUT2D eigenvalue weighted by Crippen LogP contribution is 2.26. The summed E-state index contributed by atoms with van der Waals surface area (Å²) in [4.78, 5) is 14.8. The number of halogens is 2. The van der Waals surface area contributed by atoms with Gasteiger partial charge in [0.1, 0.15) is 17.9 Å². The maximum Gasteiger partial charge on any atom is 0.191 e. The fourth-order valence-electron chi connectivity index (χ4n) is 1.90. The van der Waals surface area contributed by atoms with Crippen molar-refractivity contribution in [1.82, 2.24) is 4.98 Å². The largest absolute Gasteiger partial charge is 0.480 e. The lowest BCUT2D eigenvalue weighted by Gasteiger charge is -2.07. The van der Waals surface area contributed by atoms with E-state index in [1.54, 1.807) is 0 Å². The maximum atomic E-state index is 13.7. The molecule has 0 N–H and O–H groups in total. The minimum absolute atomic E-state index is 0.0341. The normalized spacial score (nSPS) is 10.8. The molecule has 3 nitrogen and oxygen atoms in total. The van der Waals surface area contributed by atoms with Crippen LogP contribution in [-0.4, -0.2) is 11.3 Å². The monoisotopic (exact) mass is 305 g/mol. The SMILES string of the molecule is O=Cc1cc(F)c(OCc2nc3ccccc3s2)c(F)c1. The van der Waals surface area contributed by atoms with Crippen molar-refractivity contribution >= 4 is 27.8 Å². The third-order valence-corrected chi connectivity index (χ3v) is 3.84. The summed E-state index contributed by atoms with van der Waals surface area (Å²) in [6.07, 6.45) is 0.378. The zero-order valence-electron chi connectivity index (χ0n) is 10.7. The first kappa shape index (κ1) is 13.6. The molecule has 0 spiro atoms. The summed E-state index contributed by atoms with van der Waals surface area (Å²) in [5.41, 5.74) is 0.746. The molecule has 3 rings (SSSR count). The maximum absolute atomic E-state index is 13.7. The van der Waals surface area contributed by atoms with Crippen LogP contribution < -0.4 is 4.74 Å².